The topological polar surface area (TPSA) is 149 Å². The zero-order valence-corrected chi connectivity index (χ0v) is 33.3. The van der Waals surface area contributed by atoms with E-state index in [4.69, 9.17) is 4.74 Å². The van der Waals surface area contributed by atoms with Gasteiger partial charge in [-0.15, -0.1) is 24.5 Å². The van der Waals surface area contributed by atoms with Crippen LogP contribution in [-0.4, -0.2) is 71.8 Å². The fraction of sp³-hybridized carbons (Fsp3) is 0.429. The van der Waals surface area contributed by atoms with Crippen LogP contribution in [0.3, 0.4) is 0 Å². The van der Waals surface area contributed by atoms with Gasteiger partial charge in [-0.1, -0.05) is 101 Å². The number of hydrazine groups is 1. The van der Waals surface area contributed by atoms with Crippen molar-refractivity contribution < 1.29 is 29.0 Å². The number of benzene rings is 2. The smallest absolute Gasteiger partial charge is 0.407 e. The molecule has 1 aromatic heterocycles. The summed E-state index contributed by atoms with van der Waals surface area (Å²) in [6.45, 7) is 17.4. The zero-order valence-electron chi connectivity index (χ0n) is 32.4. The molecule has 0 spiro atoms. The van der Waals surface area contributed by atoms with E-state index >= 15 is 0 Å². The lowest BCUT2D eigenvalue weighted by Crippen LogP contribution is -2.58. The van der Waals surface area contributed by atoms with Crippen LogP contribution in [0.25, 0.3) is 10.4 Å². The van der Waals surface area contributed by atoms with Crippen molar-refractivity contribution in [3.05, 3.63) is 108 Å². The number of amides is 4. The fourth-order valence-electron chi connectivity index (χ4n) is 5.92. The average Bonchev–Trinajstić information content (AvgIpc) is 3.67. The van der Waals surface area contributed by atoms with Gasteiger partial charge < -0.3 is 25.8 Å². The Hall–Kier alpha value is -4.78. The number of allylic oxidation sites excluding steroid dienone is 1. The van der Waals surface area contributed by atoms with Gasteiger partial charge in [0.15, 0.2) is 0 Å². The number of hydrogen-bond acceptors (Lipinski definition) is 8. The molecule has 3 aromatic rings. The van der Waals surface area contributed by atoms with Gasteiger partial charge in [0, 0.05) is 30.9 Å². The molecule has 3 rings (SSSR count). The Morgan fingerprint density at radius 3 is 2.11 bits per heavy atom. The van der Waals surface area contributed by atoms with Crippen molar-refractivity contribution >= 4 is 35.2 Å². The molecule has 0 aliphatic heterocycles. The maximum Gasteiger partial charge on any atom is 0.407 e. The Bertz CT molecular complexity index is 1690. The second kappa shape index (κ2) is 20.6. The molecule has 4 amide bonds. The summed E-state index contributed by atoms with van der Waals surface area (Å²) in [5, 5.41) is 24.1. The molecule has 0 radical (unpaired) electrons. The Morgan fingerprint density at radius 2 is 1.56 bits per heavy atom. The van der Waals surface area contributed by atoms with E-state index in [0.29, 0.717) is 13.0 Å². The largest absolute Gasteiger partial charge is 0.453 e. The highest BCUT2D eigenvalue weighted by molar-refractivity contribution is 7.13. The molecule has 0 aliphatic rings. The van der Waals surface area contributed by atoms with E-state index in [-0.39, 0.29) is 44.2 Å². The van der Waals surface area contributed by atoms with Gasteiger partial charge in [-0.3, -0.25) is 19.8 Å². The molecule has 0 unspecified atom stereocenters. The molecule has 0 bridgehead atoms. The number of ether oxygens (including phenoxy) is 1. The average molecular weight is 760 g/mol. The highest BCUT2D eigenvalue weighted by Gasteiger charge is 2.39. The highest BCUT2D eigenvalue weighted by atomic mass is 32.1. The molecule has 2 aromatic carbocycles. The van der Waals surface area contributed by atoms with E-state index in [1.807, 2.05) is 94.6 Å². The lowest BCUT2D eigenvalue weighted by Gasteiger charge is -2.34. The maximum absolute atomic E-state index is 14.0. The number of methoxy groups -OCH3 is 1. The van der Waals surface area contributed by atoms with Gasteiger partial charge >= 0.3 is 6.09 Å². The van der Waals surface area contributed by atoms with E-state index in [9.17, 15) is 24.3 Å². The number of carbonyl (C=O) groups excluding carboxylic acids is 4. The number of nitrogens with zero attached hydrogens (tertiary/aromatic N) is 1. The second-order valence-corrected chi connectivity index (χ2v) is 15.8. The molecule has 0 saturated carbocycles. The Kier molecular flexibility index (Phi) is 16.7. The molecule has 0 aliphatic carbocycles. The Labute approximate surface area is 324 Å². The number of hydrogen-bond donors (Lipinski definition) is 5. The van der Waals surface area contributed by atoms with Gasteiger partial charge in [0.1, 0.15) is 17.7 Å². The number of rotatable bonds is 20. The first kappa shape index (κ1) is 43.6. The lowest BCUT2D eigenvalue weighted by atomic mass is 9.86. The zero-order chi connectivity index (χ0) is 39.9. The minimum absolute atomic E-state index is 0.00200. The maximum atomic E-state index is 14.0. The van der Waals surface area contributed by atoms with Crippen LogP contribution in [0.15, 0.2) is 91.4 Å². The minimum atomic E-state index is -1.90. The van der Waals surface area contributed by atoms with Gasteiger partial charge in [0.2, 0.25) is 5.91 Å². The number of nitrogens with one attached hydrogen (secondary N) is 4. The van der Waals surface area contributed by atoms with Gasteiger partial charge in [-0.05, 0) is 64.3 Å². The van der Waals surface area contributed by atoms with Crippen LogP contribution in [-0.2, 0) is 38.5 Å². The van der Waals surface area contributed by atoms with Gasteiger partial charge in [0.05, 0.1) is 7.11 Å². The van der Waals surface area contributed by atoms with Crippen LogP contribution < -0.4 is 21.4 Å². The highest BCUT2D eigenvalue weighted by Crippen LogP contribution is 2.26. The van der Waals surface area contributed by atoms with E-state index < -0.39 is 41.0 Å². The first-order valence-corrected chi connectivity index (χ1v) is 19.1. The molecule has 292 valence electrons. The molecule has 12 heteroatoms. The molecule has 0 saturated heterocycles. The van der Waals surface area contributed by atoms with Crippen molar-refractivity contribution in [1.82, 2.24) is 26.4 Å². The summed E-state index contributed by atoms with van der Waals surface area (Å²) in [6.07, 6.45) is 3.61. The summed E-state index contributed by atoms with van der Waals surface area (Å²) in [4.78, 5) is 54.2. The van der Waals surface area contributed by atoms with Crippen molar-refractivity contribution in [3.8, 4) is 10.4 Å². The van der Waals surface area contributed by atoms with Gasteiger partial charge in [-0.25, -0.2) is 9.80 Å². The third kappa shape index (κ3) is 13.3. The van der Waals surface area contributed by atoms with Crippen LogP contribution in [0.2, 0.25) is 0 Å². The normalized spacial score (nSPS) is 13.6. The molecule has 54 heavy (non-hydrogen) atoms. The standard InChI is InChI=1S/C42H57N5O6S/c1-9-13-30-15-17-31(18-16-30)27-42(52,39(50)44-35(29(3)4)37(48)43-24-10-2)23-12-25-47(46-38(49)36(41(5,6)7)45-40(51)53-8)28-32-19-21-33(22-20-32)34-14-11-26-54-34/h9-11,14-22,26,29,35-36,52H,1-2,12-13,23-25,27-28H2,3-8H3,(H,43,48)(H,44,50)(H,45,51)(H,46,49)/t35-,36+,42+/m0/s1. The van der Waals surface area contributed by atoms with E-state index in [2.05, 4.69) is 40.6 Å². The summed E-state index contributed by atoms with van der Waals surface area (Å²) < 4.78 is 4.79. The number of alkyl carbamates (subject to hydrolysis) is 1. The van der Waals surface area contributed by atoms with Crippen LogP contribution >= 0.6 is 11.3 Å². The van der Waals surface area contributed by atoms with Crippen molar-refractivity contribution in [3.63, 3.8) is 0 Å². The second-order valence-electron chi connectivity index (χ2n) is 14.9. The first-order valence-electron chi connectivity index (χ1n) is 18.2. The van der Waals surface area contributed by atoms with Crippen molar-refractivity contribution in [1.29, 1.82) is 0 Å². The van der Waals surface area contributed by atoms with E-state index in [1.165, 1.54) is 7.11 Å². The van der Waals surface area contributed by atoms with Crippen LogP contribution in [0, 0.1) is 11.3 Å². The molecule has 3 atom stereocenters. The summed E-state index contributed by atoms with van der Waals surface area (Å²) in [5.41, 5.74) is 4.22. The molecule has 0 fully saturated rings. The minimum Gasteiger partial charge on any atom is -0.453 e. The molecule has 1 heterocycles. The molecular formula is C42H57N5O6S. The van der Waals surface area contributed by atoms with E-state index in [1.54, 1.807) is 28.5 Å². The van der Waals surface area contributed by atoms with Crippen LogP contribution in [0.1, 0.15) is 64.2 Å². The number of thiophene rings is 1. The van der Waals surface area contributed by atoms with Crippen LogP contribution in [0.4, 0.5) is 4.79 Å². The van der Waals surface area contributed by atoms with Crippen LogP contribution in [0.5, 0.6) is 0 Å². The first-order chi connectivity index (χ1) is 25.6. The summed E-state index contributed by atoms with van der Waals surface area (Å²) in [7, 11) is 1.24. The molecule has 11 nitrogen and oxygen atoms in total. The SMILES string of the molecule is C=CCNC(=O)[C@@H](NC(=O)[C@@](O)(CCCN(Cc1ccc(-c2cccs2)cc1)NC(=O)[C@@H](NC(=O)OC)C(C)(C)C)Cc1ccc(CC=C)cc1)C(C)C. The van der Waals surface area contributed by atoms with Crippen molar-refractivity contribution in [2.75, 3.05) is 20.2 Å². The third-order valence-corrected chi connectivity index (χ3v) is 9.89. The van der Waals surface area contributed by atoms with Crippen molar-refractivity contribution in [2.24, 2.45) is 11.3 Å². The summed E-state index contributed by atoms with van der Waals surface area (Å²) in [5.74, 6) is -1.74. The predicted octanol–water partition coefficient (Wildman–Crippen LogP) is 5.94. The number of aliphatic hydroxyl groups is 1. The van der Waals surface area contributed by atoms with Crippen molar-refractivity contribution in [2.45, 2.75) is 84.5 Å². The summed E-state index contributed by atoms with van der Waals surface area (Å²) in [6, 6.07) is 17.9. The lowest BCUT2D eigenvalue weighted by molar-refractivity contribution is -0.144. The monoisotopic (exact) mass is 759 g/mol. The molecule has 5 N–H and O–H groups in total. The molecular weight excluding hydrogens is 703 g/mol. The Balaban J connectivity index is 1.90. The van der Waals surface area contributed by atoms with Gasteiger partial charge in [0.25, 0.3) is 11.8 Å². The van der Waals surface area contributed by atoms with Gasteiger partial charge in [-0.2, -0.15) is 0 Å². The van der Waals surface area contributed by atoms with E-state index in [0.717, 1.165) is 27.1 Å². The fourth-order valence-corrected chi connectivity index (χ4v) is 6.65. The summed E-state index contributed by atoms with van der Waals surface area (Å²) >= 11 is 1.65. The number of carbonyl (C=O) groups is 4. The Morgan fingerprint density at radius 1 is 0.907 bits per heavy atom. The quantitative estimate of drug-likeness (QED) is 0.0707. The predicted molar refractivity (Wildman–Crippen MR) is 215 cm³/mol. The third-order valence-electron chi connectivity index (χ3n) is 8.97.